The Morgan fingerprint density at radius 3 is 1.30 bits per heavy atom. The van der Waals surface area contributed by atoms with Crippen LogP contribution < -0.4 is 0 Å². The van der Waals surface area contributed by atoms with Gasteiger partial charge in [0.15, 0.2) is 0 Å². The van der Waals surface area contributed by atoms with E-state index in [-0.39, 0.29) is 0 Å². The predicted molar refractivity (Wildman–Crippen MR) is 149 cm³/mol. The zero-order chi connectivity index (χ0) is 26.1. The molecule has 0 aliphatic heterocycles. The molecule has 3 rings (SSSR count). The quantitative estimate of drug-likeness (QED) is 0.396. The van der Waals surface area contributed by atoms with Gasteiger partial charge >= 0.3 is 0 Å². The fraction of sp³-hybridized carbons (Fsp3) is 0.500. The fourth-order valence-electron chi connectivity index (χ4n) is 2.18. The minimum absolute atomic E-state index is 0.547. The van der Waals surface area contributed by atoms with Crippen LogP contribution >= 0.6 is 0 Å². The number of hydrogen-bond donors (Lipinski definition) is 0. The van der Waals surface area contributed by atoms with Crippen molar-refractivity contribution in [2.75, 3.05) is 0 Å². The van der Waals surface area contributed by atoms with Crippen molar-refractivity contribution < 1.29 is 0 Å². The van der Waals surface area contributed by atoms with E-state index in [0.29, 0.717) is 17.8 Å². The van der Waals surface area contributed by atoms with Crippen molar-refractivity contribution in [3.8, 4) is 0 Å². The summed E-state index contributed by atoms with van der Waals surface area (Å²) in [5, 5.41) is 0. The van der Waals surface area contributed by atoms with Crippen molar-refractivity contribution in [1.29, 1.82) is 0 Å². The molecule has 0 aromatic carbocycles. The summed E-state index contributed by atoms with van der Waals surface area (Å²) < 4.78 is 0. The number of nitrogens with zero attached hydrogens (tertiary/aromatic N) is 3. The maximum Gasteiger partial charge on any atom is 0.0428 e. The molecular weight excluding hydrogens is 402 g/mol. The Bertz CT molecular complexity index is 606. The second-order valence-electron chi connectivity index (χ2n) is 7.29. The highest BCUT2D eigenvalue weighted by Crippen LogP contribution is 2.11. The van der Waals surface area contributed by atoms with E-state index in [1.165, 1.54) is 11.1 Å². The van der Waals surface area contributed by atoms with E-state index in [1.54, 1.807) is 6.20 Å². The van der Waals surface area contributed by atoms with Crippen molar-refractivity contribution in [3.63, 3.8) is 0 Å². The highest BCUT2D eigenvalue weighted by Gasteiger charge is 1.96. The lowest BCUT2D eigenvalue weighted by Gasteiger charge is -2.01. The van der Waals surface area contributed by atoms with Gasteiger partial charge in [-0.05, 0) is 59.2 Å². The Hall–Kier alpha value is -2.55. The van der Waals surface area contributed by atoms with Crippen LogP contribution in [0.1, 0.15) is 118 Å². The molecule has 0 unspecified atom stereocenters. The second-order valence-corrected chi connectivity index (χ2v) is 7.29. The van der Waals surface area contributed by atoms with Crippen molar-refractivity contribution >= 4 is 0 Å². The SMILES string of the molecule is CC.CC.CC.CC(C)c1ccccn1.CC(C)c1cccnc1.CC(C)c1ccncc1. The highest BCUT2D eigenvalue weighted by atomic mass is 14.7. The van der Waals surface area contributed by atoms with Crippen LogP contribution in [0.3, 0.4) is 0 Å². The number of hydrogen-bond acceptors (Lipinski definition) is 3. The topological polar surface area (TPSA) is 38.7 Å². The van der Waals surface area contributed by atoms with E-state index in [4.69, 9.17) is 0 Å². The van der Waals surface area contributed by atoms with E-state index < -0.39 is 0 Å². The largest absolute Gasteiger partial charge is 0.265 e. The van der Waals surface area contributed by atoms with Crippen molar-refractivity contribution in [3.05, 3.63) is 90.3 Å². The molecule has 0 aliphatic rings. The first kappa shape index (κ1) is 35.0. The lowest BCUT2D eigenvalue weighted by atomic mass is 10.1. The summed E-state index contributed by atoms with van der Waals surface area (Å²) in [7, 11) is 0. The average molecular weight is 454 g/mol. The normalized spacial score (nSPS) is 8.82. The standard InChI is InChI=1S/3C8H11N.3C2H6/c1-7(2)8-3-5-9-6-4-8;1-7(2)8-4-3-5-9-6-8;1-7(2)8-5-3-4-6-9-8;3*1-2/h3*3-7H,1-2H3;3*1-2H3. The van der Waals surface area contributed by atoms with Gasteiger partial charge in [0.05, 0.1) is 0 Å². The molecule has 3 aromatic rings. The van der Waals surface area contributed by atoms with E-state index in [0.717, 1.165) is 5.69 Å². The zero-order valence-electron chi connectivity index (χ0n) is 23.5. The third kappa shape index (κ3) is 19.8. The lowest BCUT2D eigenvalue weighted by molar-refractivity contribution is 0.823. The third-order valence-corrected chi connectivity index (χ3v) is 4.00. The average Bonchev–Trinajstić information content (AvgIpc) is 2.90. The van der Waals surface area contributed by atoms with Crippen LogP contribution in [0.4, 0.5) is 0 Å². The van der Waals surface area contributed by atoms with Gasteiger partial charge in [-0.15, -0.1) is 0 Å². The summed E-state index contributed by atoms with van der Waals surface area (Å²) in [6.45, 7) is 25.0. The van der Waals surface area contributed by atoms with Gasteiger partial charge in [-0.1, -0.05) is 95.2 Å². The van der Waals surface area contributed by atoms with Crippen molar-refractivity contribution in [2.45, 2.75) is 101 Å². The molecule has 0 amide bonds. The minimum atomic E-state index is 0.547. The first-order valence-electron chi connectivity index (χ1n) is 12.6. The number of aromatic nitrogens is 3. The Morgan fingerprint density at radius 2 is 1.03 bits per heavy atom. The molecular formula is C30H51N3. The molecule has 0 atom stereocenters. The summed E-state index contributed by atoms with van der Waals surface area (Å²) >= 11 is 0. The molecule has 3 heteroatoms. The third-order valence-electron chi connectivity index (χ3n) is 4.00. The number of rotatable bonds is 3. The molecule has 0 N–H and O–H groups in total. The Kier molecular flexibility index (Phi) is 27.3. The van der Waals surface area contributed by atoms with Crippen LogP contribution in [0, 0.1) is 0 Å². The van der Waals surface area contributed by atoms with Gasteiger partial charge < -0.3 is 0 Å². The van der Waals surface area contributed by atoms with Crippen molar-refractivity contribution in [2.24, 2.45) is 0 Å². The molecule has 33 heavy (non-hydrogen) atoms. The van der Waals surface area contributed by atoms with E-state index in [2.05, 4.69) is 62.6 Å². The maximum atomic E-state index is 4.18. The smallest absolute Gasteiger partial charge is 0.0428 e. The molecule has 0 aliphatic carbocycles. The molecule has 0 saturated heterocycles. The second kappa shape index (κ2) is 25.7. The summed E-state index contributed by atoms with van der Waals surface area (Å²) in [6.07, 6.45) is 9.19. The molecule has 0 spiro atoms. The molecule has 3 nitrogen and oxygen atoms in total. The van der Waals surface area contributed by atoms with Gasteiger partial charge in [0.25, 0.3) is 0 Å². The highest BCUT2D eigenvalue weighted by molar-refractivity contribution is 5.13. The molecule has 3 aromatic heterocycles. The van der Waals surface area contributed by atoms with Gasteiger partial charge in [-0.25, -0.2) is 0 Å². The van der Waals surface area contributed by atoms with Gasteiger partial charge in [-0.3, -0.25) is 15.0 Å². The predicted octanol–water partition coefficient (Wildman–Crippen LogP) is 9.69. The molecule has 3 heterocycles. The summed E-state index contributed by atoms with van der Waals surface area (Å²) in [4.78, 5) is 12.1. The van der Waals surface area contributed by atoms with Crippen LogP contribution in [0.5, 0.6) is 0 Å². The van der Waals surface area contributed by atoms with Crippen LogP contribution in [0.2, 0.25) is 0 Å². The Morgan fingerprint density at radius 1 is 0.485 bits per heavy atom. The lowest BCUT2D eigenvalue weighted by Crippen LogP contribution is -1.88. The van der Waals surface area contributed by atoms with Gasteiger partial charge in [0.1, 0.15) is 0 Å². The van der Waals surface area contributed by atoms with Gasteiger partial charge in [-0.2, -0.15) is 0 Å². The minimum Gasteiger partial charge on any atom is -0.265 e. The summed E-state index contributed by atoms with van der Waals surface area (Å²) in [5.41, 5.74) is 3.82. The van der Waals surface area contributed by atoms with Crippen LogP contribution in [0.25, 0.3) is 0 Å². The molecule has 0 bridgehead atoms. The van der Waals surface area contributed by atoms with Crippen LogP contribution in [0.15, 0.2) is 73.4 Å². The monoisotopic (exact) mass is 453 g/mol. The van der Waals surface area contributed by atoms with E-state index in [1.807, 2.05) is 103 Å². The first-order chi connectivity index (χ1) is 15.9. The zero-order valence-corrected chi connectivity index (χ0v) is 23.5. The van der Waals surface area contributed by atoms with Crippen molar-refractivity contribution in [1.82, 2.24) is 15.0 Å². The first-order valence-corrected chi connectivity index (χ1v) is 12.6. The maximum absolute atomic E-state index is 4.18. The number of pyridine rings is 3. The molecule has 0 radical (unpaired) electrons. The van der Waals surface area contributed by atoms with Crippen LogP contribution in [-0.4, -0.2) is 15.0 Å². The molecule has 186 valence electrons. The van der Waals surface area contributed by atoms with Crippen LogP contribution in [-0.2, 0) is 0 Å². The summed E-state index contributed by atoms with van der Waals surface area (Å²) in [6, 6.07) is 14.2. The molecule has 0 saturated carbocycles. The Balaban J connectivity index is -0.000000367. The van der Waals surface area contributed by atoms with E-state index in [9.17, 15) is 0 Å². The van der Waals surface area contributed by atoms with Gasteiger partial charge in [0, 0.05) is 36.7 Å². The molecule has 0 fully saturated rings. The Labute approximate surface area is 206 Å². The summed E-state index contributed by atoms with van der Waals surface area (Å²) in [5.74, 6) is 1.76. The fourth-order valence-corrected chi connectivity index (χ4v) is 2.18. The van der Waals surface area contributed by atoms with E-state index >= 15 is 0 Å². The van der Waals surface area contributed by atoms with Gasteiger partial charge in [0.2, 0.25) is 0 Å².